The lowest BCUT2D eigenvalue weighted by atomic mass is 9.89. The van der Waals surface area contributed by atoms with Gasteiger partial charge in [-0.25, -0.2) is 17.5 Å². The fourth-order valence-electron chi connectivity index (χ4n) is 1.88. The minimum absolute atomic E-state index is 0.0262. The predicted octanol–water partition coefficient (Wildman–Crippen LogP) is 1.91. The van der Waals surface area contributed by atoms with Crippen molar-refractivity contribution in [1.29, 1.82) is 0 Å². The molecule has 1 rings (SSSR count). The second kappa shape index (κ2) is 6.72. The Morgan fingerprint density at radius 1 is 1.38 bits per heavy atom. The van der Waals surface area contributed by atoms with Gasteiger partial charge in [-0.05, 0) is 30.0 Å². The van der Waals surface area contributed by atoms with Crippen molar-refractivity contribution in [1.82, 2.24) is 4.72 Å². The van der Waals surface area contributed by atoms with Crippen LogP contribution in [-0.2, 0) is 10.0 Å². The number of rotatable bonds is 6. The van der Waals surface area contributed by atoms with Crippen molar-refractivity contribution in [3.8, 4) is 5.75 Å². The van der Waals surface area contributed by atoms with Gasteiger partial charge in [0.15, 0.2) is 11.6 Å². The van der Waals surface area contributed by atoms with Crippen LogP contribution in [0.15, 0.2) is 23.1 Å². The molecule has 0 bridgehead atoms. The van der Waals surface area contributed by atoms with Gasteiger partial charge in [-0.2, -0.15) is 0 Å². The first-order valence-corrected chi connectivity index (χ1v) is 8.05. The third-order valence-corrected chi connectivity index (χ3v) is 4.21. The zero-order chi connectivity index (χ0) is 16.3. The van der Waals surface area contributed by atoms with E-state index in [4.69, 9.17) is 4.74 Å². The van der Waals surface area contributed by atoms with E-state index in [1.807, 2.05) is 20.8 Å². The van der Waals surface area contributed by atoms with E-state index in [2.05, 4.69) is 4.72 Å². The van der Waals surface area contributed by atoms with Crippen molar-refractivity contribution in [2.24, 2.45) is 5.41 Å². The minimum atomic E-state index is -3.86. The van der Waals surface area contributed by atoms with Gasteiger partial charge in [0.25, 0.3) is 0 Å². The van der Waals surface area contributed by atoms with E-state index in [0.717, 1.165) is 6.07 Å². The summed E-state index contributed by atoms with van der Waals surface area (Å²) in [4.78, 5) is -0.205. The summed E-state index contributed by atoms with van der Waals surface area (Å²) in [6, 6.07) is 3.38. The van der Waals surface area contributed by atoms with Gasteiger partial charge in [0.2, 0.25) is 10.0 Å². The maximum Gasteiger partial charge on any atom is 0.240 e. The van der Waals surface area contributed by atoms with E-state index in [9.17, 15) is 17.9 Å². The van der Waals surface area contributed by atoms with Crippen LogP contribution in [0.1, 0.15) is 27.2 Å². The first-order chi connectivity index (χ1) is 9.55. The third kappa shape index (κ3) is 5.61. The molecule has 0 amide bonds. The van der Waals surface area contributed by atoms with Crippen molar-refractivity contribution in [3.63, 3.8) is 0 Å². The number of sulfonamides is 1. The molecule has 120 valence electrons. The lowest BCUT2D eigenvalue weighted by molar-refractivity contribution is 0.125. The van der Waals surface area contributed by atoms with Gasteiger partial charge in [-0.1, -0.05) is 20.8 Å². The highest BCUT2D eigenvalue weighted by atomic mass is 32.2. The summed E-state index contributed by atoms with van der Waals surface area (Å²) in [6.45, 7) is 5.73. The SMILES string of the molecule is COc1ccc(S(=O)(=O)NCC(O)CC(C)(C)C)cc1F. The van der Waals surface area contributed by atoms with Crippen LogP contribution >= 0.6 is 0 Å². The molecule has 0 fully saturated rings. The monoisotopic (exact) mass is 319 g/mol. The van der Waals surface area contributed by atoms with Crippen LogP contribution in [0.4, 0.5) is 4.39 Å². The van der Waals surface area contributed by atoms with Crippen LogP contribution in [-0.4, -0.2) is 33.3 Å². The predicted molar refractivity (Wildman–Crippen MR) is 78.2 cm³/mol. The number of aliphatic hydroxyl groups excluding tert-OH is 1. The molecule has 2 N–H and O–H groups in total. The number of benzene rings is 1. The van der Waals surface area contributed by atoms with Gasteiger partial charge in [0.05, 0.1) is 18.1 Å². The Morgan fingerprint density at radius 2 is 2.00 bits per heavy atom. The number of halogens is 1. The minimum Gasteiger partial charge on any atom is -0.494 e. The van der Waals surface area contributed by atoms with Crippen LogP contribution in [0.3, 0.4) is 0 Å². The summed E-state index contributed by atoms with van der Waals surface area (Å²) in [5, 5.41) is 9.81. The molecule has 0 aliphatic carbocycles. The largest absolute Gasteiger partial charge is 0.494 e. The summed E-state index contributed by atoms with van der Waals surface area (Å²) in [7, 11) is -2.56. The molecule has 1 aromatic carbocycles. The molecule has 1 atom stereocenters. The Bertz CT molecular complexity index is 581. The van der Waals surface area contributed by atoms with Crippen molar-refractivity contribution >= 4 is 10.0 Å². The molecule has 0 saturated heterocycles. The normalized spacial score (nSPS) is 14.0. The summed E-state index contributed by atoms with van der Waals surface area (Å²) >= 11 is 0. The van der Waals surface area contributed by atoms with Crippen LogP contribution in [0.25, 0.3) is 0 Å². The number of methoxy groups -OCH3 is 1. The smallest absolute Gasteiger partial charge is 0.240 e. The van der Waals surface area contributed by atoms with Crippen molar-refractivity contribution in [2.45, 2.75) is 38.2 Å². The fourth-order valence-corrected chi connectivity index (χ4v) is 2.97. The lowest BCUT2D eigenvalue weighted by Crippen LogP contribution is -2.34. The summed E-state index contributed by atoms with van der Waals surface area (Å²) < 4.78 is 44.6. The number of aliphatic hydroxyl groups is 1. The molecule has 7 heteroatoms. The van der Waals surface area contributed by atoms with E-state index in [1.165, 1.54) is 19.2 Å². The zero-order valence-corrected chi connectivity index (χ0v) is 13.5. The fraction of sp³-hybridized carbons (Fsp3) is 0.571. The van der Waals surface area contributed by atoms with Crippen molar-refractivity contribution in [3.05, 3.63) is 24.0 Å². The molecule has 0 spiro atoms. The zero-order valence-electron chi connectivity index (χ0n) is 12.7. The second-order valence-corrected chi connectivity index (χ2v) is 7.83. The molecule has 0 saturated carbocycles. The Morgan fingerprint density at radius 3 is 2.48 bits per heavy atom. The molecular formula is C14H22FNO4S. The van der Waals surface area contributed by atoms with E-state index in [-0.39, 0.29) is 22.6 Å². The molecule has 21 heavy (non-hydrogen) atoms. The maximum atomic E-state index is 13.5. The van der Waals surface area contributed by atoms with Gasteiger partial charge in [0, 0.05) is 6.54 Å². The van der Waals surface area contributed by atoms with E-state index in [0.29, 0.717) is 6.42 Å². The van der Waals surface area contributed by atoms with E-state index < -0.39 is 21.9 Å². The van der Waals surface area contributed by atoms with Gasteiger partial charge in [-0.3, -0.25) is 0 Å². The summed E-state index contributed by atoms with van der Waals surface area (Å²) in [5.41, 5.74) is -0.114. The molecule has 0 aromatic heterocycles. The molecule has 1 aromatic rings. The number of nitrogens with one attached hydrogen (secondary N) is 1. The third-order valence-electron chi connectivity index (χ3n) is 2.79. The molecule has 1 unspecified atom stereocenters. The number of hydrogen-bond acceptors (Lipinski definition) is 4. The average Bonchev–Trinajstić information content (AvgIpc) is 2.34. The highest BCUT2D eigenvalue weighted by molar-refractivity contribution is 7.89. The standard InChI is InChI=1S/C14H22FNO4S/c1-14(2,3)8-10(17)9-16-21(18,19)11-5-6-13(20-4)12(15)7-11/h5-7,10,16-17H,8-9H2,1-4H3. The quantitative estimate of drug-likeness (QED) is 0.840. The average molecular weight is 319 g/mol. The Hall–Kier alpha value is -1.18. The van der Waals surface area contributed by atoms with E-state index in [1.54, 1.807) is 0 Å². The van der Waals surface area contributed by atoms with Crippen molar-refractivity contribution in [2.75, 3.05) is 13.7 Å². The van der Waals surface area contributed by atoms with Gasteiger partial charge in [0.1, 0.15) is 0 Å². The van der Waals surface area contributed by atoms with Crippen LogP contribution < -0.4 is 9.46 Å². The lowest BCUT2D eigenvalue weighted by Gasteiger charge is -2.22. The summed E-state index contributed by atoms with van der Waals surface area (Å²) in [6.07, 6.45) is -0.352. The maximum absolute atomic E-state index is 13.5. The highest BCUT2D eigenvalue weighted by Crippen LogP contribution is 2.22. The molecule has 0 heterocycles. The first-order valence-electron chi connectivity index (χ1n) is 6.56. The van der Waals surface area contributed by atoms with Crippen LogP contribution in [0, 0.1) is 11.2 Å². The van der Waals surface area contributed by atoms with Gasteiger partial charge >= 0.3 is 0 Å². The first kappa shape index (κ1) is 17.9. The highest BCUT2D eigenvalue weighted by Gasteiger charge is 2.21. The molecule has 0 radical (unpaired) electrons. The Labute approximate surface area is 125 Å². The topological polar surface area (TPSA) is 75.6 Å². The molecule has 0 aliphatic rings. The molecular weight excluding hydrogens is 297 g/mol. The van der Waals surface area contributed by atoms with Crippen molar-refractivity contribution < 1.29 is 22.7 Å². The Balaban J connectivity index is 2.76. The Kier molecular flexibility index (Phi) is 5.72. The number of ether oxygens (including phenoxy) is 1. The van der Waals surface area contributed by atoms with Gasteiger partial charge in [-0.15, -0.1) is 0 Å². The van der Waals surface area contributed by atoms with Crippen LogP contribution in [0.5, 0.6) is 5.75 Å². The second-order valence-electron chi connectivity index (χ2n) is 6.07. The molecule has 0 aliphatic heterocycles. The van der Waals surface area contributed by atoms with Gasteiger partial charge < -0.3 is 9.84 Å². The number of hydrogen-bond donors (Lipinski definition) is 2. The summed E-state index contributed by atoms with van der Waals surface area (Å²) in [5.74, 6) is -0.780. The van der Waals surface area contributed by atoms with Crippen LogP contribution in [0.2, 0.25) is 0 Å². The molecule has 5 nitrogen and oxygen atoms in total. The van der Waals surface area contributed by atoms with E-state index >= 15 is 0 Å².